The summed E-state index contributed by atoms with van der Waals surface area (Å²) in [5.74, 6) is -1.62. The van der Waals surface area contributed by atoms with Gasteiger partial charge in [0.1, 0.15) is 11.4 Å². The number of nitrogens with two attached hydrogens (primary N) is 1. The Hall–Kier alpha value is -2.55. The molecule has 1 aliphatic carbocycles. The summed E-state index contributed by atoms with van der Waals surface area (Å²) < 4.78 is 16.5. The lowest BCUT2D eigenvalue weighted by atomic mass is 9.98. The van der Waals surface area contributed by atoms with Gasteiger partial charge in [-0.1, -0.05) is 0 Å². The summed E-state index contributed by atoms with van der Waals surface area (Å²) in [5.41, 5.74) is 8.88. The van der Waals surface area contributed by atoms with Gasteiger partial charge in [-0.2, -0.15) is 0 Å². The topological polar surface area (TPSA) is 88.0 Å². The zero-order chi connectivity index (χ0) is 21.3. The maximum Gasteiger partial charge on any atom is 0.341 e. The fourth-order valence-electron chi connectivity index (χ4n) is 4.56. The monoisotopic (exact) mass is 427 g/mol. The van der Waals surface area contributed by atoms with Crippen molar-refractivity contribution in [2.24, 2.45) is 5.73 Å². The zero-order valence-electron chi connectivity index (χ0n) is 16.7. The van der Waals surface area contributed by atoms with Crippen LogP contribution in [-0.4, -0.2) is 34.0 Å². The van der Waals surface area contributed by atoms with Gasteiger partial charge in [-0.3, -0.25) is 14.1 Å². The lowest BCUT2D eigenvalue weighted by Gasteiger charge is -2.27. The molecule has 8 heteroatoms. The molecule has 30 heavy (non-hydrogen) atoms. The summed E-state index contributed by atoms with van der Waals surface area (Å²) in [7, 11) is 2.01. The second-order valence-electron chi connectivity index (χ2n) is 8.39. The Labute approximate surface area is 176 Å². The van der Waals surface area contributed by atoms with Crippen LogP contribution in [0.3, 0.4) is 0 Å². The van der Waals surface area contributed by atoms with Crippen LogP contribution >= 0.6 is 11.3 Å². The Bertz CT molecular complexity index is 1280. The molecule has 1 saturated carbocycles. The summed E-state index contributed by atoms with van der Waals surface area (Å²) in [6.45, 7) is 3.34. The Balaban J connectivity index is 1.78. The van der Waals surface area contributed by atoms with E-state index in [1.165, 1.54) is 21.8 Å². The van der Waals surface area contributed by atoms with Crippen molar-refractivity contribution in [3.8, 4) is 10.4 Å². The van der Waals surface area contributed by atoms with E-state index in [1.807, 2.05) is 20.0 Å². The summed E-state index contributed by atoms with van der Waals surface area (Å²) in [4.78, 5) is 28.4. The van der Waals surface area contributed by atoms with Gasteiger partial charge in [0.25, 0.3) is 5.56 Å². The molecular formula is C22H22FN3O3S. The predicted molar refractivity (Wildman–Crippen MR) is 114 cm³/mol. The number of carbonyl (C=O) groups is 1. The van der Waals surface area contributed by atoms with Crippen molar-refractivity contribution in [2.75, 3.05) is 13.6 Å². The standard InChI is InChI=1S/C22H22FN3O3S/c1-10-19(17-6-13-16(24)8-25(2)9-18(13)30-17)15(23)7-26-20(10)12(11-3-4-11)5-14(21(26)27)22(28)29/h5-7,11,16H,3-4,8-9,24H2,1-2H3,(H,28,29). The highest BCUT2D eigenvalue weighted by Gasteiger charge is 2.31. The summed E-state index contributed by atoms with van der Waals surface area (Å²) in [6.07, 6.45) is 3.02. The van der Waals surface area contributed by atoms with E-state index >= 15 is 4.39 Å². The highest BCUT2D eigenvalue weighted by atomic mass is 32.1. The Kier molecular flexibility index (Phi) is 4.36. The number of aromatic carboxylic acids is 1. The maximum atomic E-state index is 15.3. The van der Waals surface area contributed by atoms with Gasteiger partial charge in [0.2, 0.25) is 0 Å². The van der Waals surface area contributed by atoms with Gasteiger partial charge in [-0.15, -0.1) is 11.3 Å². The SMILES string of the molecule is Cc1c(-c2cc3c(s2)CN(C)CC3N)c(F)cn2c(=O)c(C(=O)O)cc(C3CC3)c12. The fourth-order valence-corrected chi connectivity index (χ4v) is 5.98. The molecule has 0 aromatic carbocycles. The van der Waals surface area contributed by atoms with Crippen LogP contribution < -0.4 is 11.3 Å². The van der Waals surface area contributed by atoms with Gasteiger partial charge >= 0.3 is 5.97 Å². The van der Waals surface area contributed by atoms with E-state index in [0.29, 0.717) is 16.6 Å². The lowest BCUT2D eigenvalue weighted by molar-refractivity contribution is 0.0694. The number of hydrogen-bond donors (Lipinski definition) is 2. The van der Waals surface area contributed by atoms with E-state index in [9.17, 15) is 14.7 Å². The number of aromatic nitrogens is 1. The van der Waals surface area contributed by atoms with Crippen LogP contribution in [-0.2, 0) is 6.54 Å². The minimum Gasteiger partial charge on any atom is -0.477 e. The van der Waals surface area contributed by atoms with E-state index < -0.39 is 17.3 Å². The molecule has 5 rings (SSSR count). The van der Waals surface area contributed by atoms with E-state index in [2.05, 4.69) is 4.90 Å². The van der Waals surface area contributed by atoms with Gasteiger partial charge in [0.05, 0.1) is 5.52 Å². The first kappa shape index (κ1) is 19.4. The third kappa shape index (κ3) is 2.90. The molecule has 4 heterocycles. The third-order valence-corrected chi connectivity index (χ3v) is 7.29. The second kappa shape index (κ2) is 6.73. The molecule has 3 aromatic rings. The molecule has 156 valence electrons. The van der Waals surface area contributed by atoms with Gasteiger partial charge < -0.3 is 10.8 Å². The largest absolute Gasteiger partial charge is 0.477 e. The molecule has 3 aromatic heterocycles. The van der Waals surface area contributed by atoms with Crippen LogP contribution in [0, 0.1) is 12.7 Å². The number of likely N-dealkylation sites (N-methyl/N-ethyl adjacent to an activating group) is 1. The normalized spacial score (nSPS) is 19.3. The summed E-state index contributed by atoms with van der Waals surface area (Å²) in [5, 5.41) is 9.44. The number of pyridine rings is 2. The molecule has 1 fully saturated rings. The Morgan fingerprint density at radius 1 is 1.30 bits per heavy atom. The van der Waals surface area contributed by atoms with Crippen LogP contribution in [0.5, 0.6) is 0 Å². The van der Waals surface area contributed by atoms with Crippen molar-refractivity contribution in [1.29, 1.82) is 0 Å². The molecule has 6 nitrogen and oxygen atoms in total. The lowest BCUT2D eigenvalue weighted by Crippen LogP contribution is -2.33. The molecule has 0 spiro atoms. The zero-order valence-corrected chi connectivity index (χ0v) is 17.6. The number of rotatable bonds is 3. The second-order valence-corrected chi connectivity index (χ2v) is 9.52. The molecule has 1 aliphatic heterocycles. The van der Waals surface area contributed by atoms with E-state index in [4.69, 9.17) is 5.73 Å². The van der Waals surface area contributed by atoms with Gasteiger partial charge in [0.15, 0.2) is 0 Å². The van der Waals surface area contributed by atoms with Crippen LogP contribution in [0.1, 0.15) is 56.7 Å². The fraction of sp³-hybridized carbons (Fsp3) is 0.364. The number of thiophene rings is 1. The van der Waals surface area contributed by atoms with Gasteiger partial charge in [0, 0.05) is 40.6 Å². The van der Waals surface area contributed by atoms with E-state index in [1.54, 1.807) is 0 Å². The average Bonchev–Trinajstić information content (AvgIpc) is 3.42. The highest BCUT2D eigenvalue weighted by molar-refractivity contribution is 7.15. The van der Waals surface area contributed by atoms with Crippen LogP contribution in [0.15, 0.2) is 23.1 Å². The van der Waals surface area contributed by atoms with Crippen molar-refractivity contribution in [3.63, 3.8) is 0 Å². The Morgan fingerprint density at radius 3 is 2.70 bits per heavy atom. The number of carboxylic acids is 1. The third-order valence-electron chi connectivity index (χ3n) is 6.13. The van der Waals surface area contributed by atoms with Crippen LogP contribution in [0.25, 0.3) is 16.0 Å². The number of halogens is 1. The molecule has 3 N–H and O–H groups in total. The van der Waals surface area contributed by atoms with Crippen LogP contribution in [0.2, 0.25) is 0 Å². The number of nitrogens with zero attached hydrogens (tertiary/aromatic N) is 2. The minimum atomic E-state index is -1.29. The van der Waals surface area contributed by atoms with Gasteiger partial charge in [-0.25, -0.2) is 9.18 Å². The average molecular weight is 428 g/mol. The minimum absolute atomic E-state index is 0.115. The molecule has 0 amide bonds. The summed E-state index contributed by atoms with van der Waals surface area (Å²) in [6, 6.07) is 3.34. The first-order valence-corrected chi connectivity index (χ1v) is 10.8. The molecule has 0 bridgehead atoms. The molecular weight excluding hydrogens is 405 g/mol. The number of carboxylic acid groups (broad SMARTS) is 1. The number of fused-ring (bicyclic) bond motifs is 2. The van der Waals surface area contributed by atoms with Gasteiger partial charge in [-0.05, 0) is 61.6 Å². The first-order valence-electron chi connectivity index (χ1n) is 9.95. The van der Waals surface area contributed by atoms with Crippen molar-refractivity contribution >= 4 is 22.8 Å². The molecule has 0 radical (unpaired) electrons. The quantitative estimate of drug-likeness (QED) is 0.668. The Morgan fingerprint density at radius 2 is 2.03 bits per heavy atom. The first-order chi connectivity index (χ1) is 14.3. The van der Waals surface area contributed by atoms with Crippen molar-refractivity contribution in [3.05, 3.63) is 61.6 Å². The molecule has 0 saturated heterocycles. The molecule has 1 unspecified atom stereocenters. The predicted octanol–water partition coefficient (Wildman–Crippen LogP) is 3.50. The number of aryl methyl sites for hydroxylation is 1. The van der Waals surface area contributed by atoms with Crippen LogP contribution in [0.4, 0.5) is 4.39 Å². The van der Waals surface area contributed by atoms with Crippen molar-refractivity contribution < 1.29 is 14.3 Å². The van der Waals surface area contributed by atoms with E-state index in [-0.39, 0.29) is 17.5 Å². The van der Waals surface area contributed by atoms with Crippen molar-refractivity contribution in [1.82, 2.24) is 9.30 Å². The highest BCUT2D eigenvalue weighted by Crippen LogP contribution is 2.45. The maximum absolute atomic E-state index is 15.3. The molecule has 2 aliphatic rings. The summed E-state index contributed by atoms with van der Waals surface area (Å²) >= 11 is 1.53. The molecule has 1 atom stereocenters. The van der Waals surface area contributed by atoms with Crippen molar-refractivity contribution in [2.45, 2.75) is 38.3 Å². The van der Waals surface area contributed by atoms with E-state index in [0.717, 1.165) is 53.0 Å². The smallest absolute Gasteiger partial charge is 0.341 e. The number of hydrogen-bond acceptors (Lipinski definition) is 5.